The van der Waals surface area contributed by atoms with Crippen LogP contribution in [0.1, 0.15) is 56.3 Å². The molecule has 3 fully saturated rings. The molecule has 0 radical (unpaired) electrons. The third-order valence-corrected chi connectivity index (χ3v) is 8.01. The van der Waals surface area contributed by atoms with Crippen LogP contribution < -0.4 is 20.3 Å². The largest absolute Gasteiger partial charge is 0.310 e. The van der Waals surface area contributed by atoms with Gasteiger partial charge >= 0.3 is 0 Å². The molecule has 5 heterocycles. The highest BCUT2D eigenvalue weighted by Gasteiger charge is 2.36. The molecule has 3 aliphatic heterocycles. The molecule has 3 aliphatic rings. The minimum atomic E-state index is -0.119. The Hall–Kier alpha value is -4.08. The first-order chi connectivity index (χ1) is 18.9. The highest BCUT2D eigenvalue weighted by Crippen LogP contribution is 2.45. The number of nitrogens with zero attached hydrogens (tertiary/aromatic N) is 6. The van der Waals surface area contributed by atoms with Gasteiger partial charge in [0.2, 0.25) is 17.7 Å². The number of carbonyl (C=O) groups is 3. The quantitative estimate of drug-likeness (QED) is 0.466. The number of aromatic nitrogens is 3. The number of pyridine rings is 1. The maximum absolute atomic E-state index is 13.1. The van der Waals surface area contributed by atoms with Crippen molar-refractivity contribution in [1.82, 2.24) is 14.5 Å². The zero-order chi connectivity index (χ0) is 27.1. The molecule has 202 valence electrons. The Morgan fingerprint density at radius 1 is 0.795 bits per heavy atom. The minimum Gasteiger partial charge on any atom is -0.310 e. The average molecular weight is 529 g/mol. The van der Waals surface area contributed by atoms with Gasteiger partial charge < -0.3 is 14.7 Å². The second kappa shape index (κ2) is 10.2. The molecule has 0 aliphatic carbocycles. The van der Waals surface area contributed by atoms with Crippen LogP contribution in [-0.2, 0) is 27.3 Å². The van der Waals surface area contributed by atoms with Crippen molar-refractivity contribution in [1.29, 1.82) is 0 Å². The summed E-state index contributed by atoms with van der Waals surface area (Å²) in [7, 11) is 0. The van der Waals surface area contributed by atoms with Gasteiger partial charge in [0, 0.05) is 51.6 Å². The van der Waals surface area contributed by atoms with Crippen molar-refractivity contribution in [2.75, 3.05) is 34.3 Å². The molecule has 2 aromatic heterocycles. The Morgan fingerprint density at radius 2 is 1.44 bits per heavy atom. The molecule has 3 aromatic rings. The summed E-state index contributed by atoms with van der Waals surface area (Å²) in [4.78, 5) is 66.1. The maximum atomic E-state index is 13.1. The van der Waals surface area contributed by atoms with Crippen molar-refractivity contribution in [3.63, 3.8) is 0 Å². The van der Waals surface area contributed by atoms with Crippen LogP contribution in [0.4, 0.5) is 17.1 Å². The summed E-state index contributed by atoms with van der Waals surface area (Å²) in [6.45, 7) is 4.02. The van der Waals surface area contributed by atoms with E-state index in [0.29, 0.717) is 86.5 Å². The molecule has 39 heavy (non-hydrogen) atoms. The van der Waals surface area contributed by atoms with Crippen LogP contribution in [0.2, 0.25) is 0 Å². The number of rotatable bonds is 7. The van der Waals surface area contributed by atoms with E-state index in [4.69, 9.17) is 0 Å². The second-order valence-corrected chi connectivity index (χ2v) is 10.5. The average Bonchev–Trinajstić information content (AvgIpc) is 3.67. The first-order valence-electron chi connectivity index (χ1n) is 13.8. The number of hydrogen-bond acceptors (Lipinski definition) is 6. The number of benzene rings is 1. The van der Waals surface area contributed by atoms with E-state index in [2.05, 4.69) is 9.97 Å². The number of carbonyl (C=O) groups excluding carboxylic acids is 3. The molecule has 0 atom stereocenters. The zero-order valence-corrected chi connectivity index (χ0v) is 22.2. The first-order valence-corrected chi connectivity index (χ1v) is 13.8. The van der Waals surface area contributed by atoms with Crippen molar-refractivity contribution in [2.24, 2.45) is 0 Å². The van der Waals surface area contributed by atoms with Gasteiger partial charge in [-0.05, 0) is 62.8 Å². The van der Waals surface area contributed by atoms with Gasteiger partial charge in [0.25, 0.3) is 5.56 Å². The lowest BCUT2D eigenvalue weighted by molar-refractivity contribution is -0.118. The Labute approximate surface area is 226 Å². The van der Waals surface area contributed by atoms with Crippen LogP contribution in [0.3, 0.4) is 0 Å². The molecule has 10 nitrogen and oxygen atoms in total. The number of hydrogen-bond donors (Lipinski definition) is 0. The highest BCUT2D eigenvalue weighted by molar-refractivity contribution is 6.11. The number of anilines is 3. The maximum Gasteiger partial charge on any atom is 0.263 e. The summed E-state index contributed by atoms with van der Waals surface area (Å²) in [5.74, 6) is 0.702. The van der Waals surface area contributed by atoms with Gasteiger partial charge in [-0.3, -0.25) is 23.7 Å². The van der Waals surface area contributed by atoms with E-state index >= 15 is 0 Å². The van der Waals surface area contributed by atoms with Crippen LogP contribution in [0.25, 0.3) is 11.0 Å². The van der Waals surface area contributed by atoms with Gasteiger partial charge in [-0.25, -0.2) is 9.97 Å². The molecular formula is C29H32N6O4. The lowest BCUT2D eigenvalue weighted by Crippen LogP contribution is -2.34. The Kier molecular flexibility index (Phi) is 6.62. The van der Waals surface area contributed by atoms with Crippen molar-refractivity contribution < 1.29 is 14.4 Å². The van der Waals surface area contributed by atoms with E-state index < -0.39 is 0 Å². The standard InChI is InChI=1S/C29H32N6O4/c1-19-31-28-21(8-2-14-30-28)29(39)32(19)15-3-7-20-12-13-22(33-16-4-9-23(33)36)27(35-18-6-11-25(35)38)26(20)34-17-5-10-24(34)37/h2,8,12-14H,3-7,9-11,15-18H2,1H3. The van der Waals surface area contributed by atoms with Crippen LogP contribution in [0, 0.1) is 6.92 Å². The summed E-state index contributed by atoms with van der Waals surface area (Å²) in [5, 5.41) is 0.487. The Balaban J connectivity index is 1.39. The third kappa shape index (κ3) is 4.47. The van der Waals surface area contributed by atoms with Gasteiger partial charge in [0.1, 0.15) is 5.82 Å². The van der Waals surface area contributed by atoms with E-state index in [1.54, 1.807) is 37.6 Å². The van der Waals surface area contributed by atoms with Gasteiger partial charge in [-0.2, -0.15) is 0 Å². The van der Waals surface area contributed by atoms with Crippen LogP contribution in [0.5, 0.6) is 0 Å². The van der Waals surface area contributed by atoms with E-state index in [-0.39, 0.29) is 23.3 Å². The normalized spacial score (nSPS) is 17.9. The fourth-order valence-corrected chi connectivity index (χ4v) is 6.12. The summed E-state index contributed by atoms with van der Waals surface area (Å²) in [5.41, 5.74) is 3.41. The van der Waals surface area contributed by atoms with E-state index in [1.165, 1.54) is 0 Å². The summed E-state index contributed by atoms with van der Waals surface area (Å²) in [6.07, 6.45) is 6.54. The number of aryl methyl sites for hydroxylation is 2. The molecule has 3 amide bonds. The predicted molar refractivity (Wildman–Crippen MR) is 148 cm³/mol. The van der Waals surface area contributed by atoms with E-state index in [0.717, 1.165) is 30.5 Å². The lowest BCUT2D eigenvalue weighted by Gasteiger charge is -2.32. The van der Waals surface area contributed by atoms with Crippen molar-refractivity contribution in [2.45, 2.75) is 64.8 Å². The third-order valence-electron chi connectivity index (χ3n) is 8.01. The summed E-state index contributed by atoms with van der Waals surface area (Å²) < 4.78 is 1.67. The number of amides is 3. The zero-order valence-electron chi connectivity index (χ0n) is 22.2. The second-order valence-electron chi connectivity index (χ2n) is 10.5. The molecule has 0 saturated carbocycles. The van der Waals surface area contributed by atoms with Gasteiger partial charge in [0.15, 0.2) is 5.65 Å². The van der Waals surface area contributed by atoms with E-state index in [9.17, 15) is 19.2 Å². The molecule has 0 spiro atoms. The van der Waals surface area contributed by atoms with Gasteiger partial charge in [-0.15, -0.1) is 0 Å². The first kappa shape index (κ1) is 25.2. The predicted octanol–water partition coefficient (Wildman–Crippen LogP) is 3.11. The SMILES string of the molecule is Cc1nc2ncccc2c(=O)n1CCCc1ccc(N2CCCC2=O)c(N2CCCC2=O)c1N1CCCC1=O. The highest BCUT2D eigenvalue weighted by atomic mass is 16.2. The number of fused-ring (bicyclic) bond motifs is 1. The van der Waals surface area contributed by atoms with E-state index in [1.807, 2.05) is 19.1 Å². The molecule has 0 bridgehead atoms. The monoisotopic (exact) mass is 528 g/mol. The smallest absolute Gasteiger partial charge is 0.263 e. The molecular weight excluding hydrogens is 496 g/mol. The van der Waals surface area contributed by atoms with Crippen LogP contribution in [-0.4, -0.2) is 51.9 Å². The molecule has 0 N–H and O–H groups in total. The van der Waals surface area contributed by atoms with Gasteiger partial charge in [0.05, 0.1) is 22.4 Å². The van der Waals surface area contributed by atoms with Crippen LogP contribution >= 0.6 is 0 Å². The molecule has 0 unspecified atom stereocenters. The molecule has 10 heteroatoms. The summed E-state index contributed by atoms with van der Waals surface area (Å²) >= 11 is 0. The topological polar surface area (TPSA) is 109 Å². The molecule has 1 aromatic carbocycles. The lowest BCUT2D eigenvalue weighted by atomic mass is 10.0. The Morgan fingerprint density at radius 3 is 2.08 bits per heavy atom. The van der Waals surface area contributed by atoms with Crippen molar-refractivity contribution >= 4 is 45.8 Å². The van der Waals surface area contributed by atoms with Crippen LogP contribution in [0.15, 0.2) is 35.3 Å². The molecule has 6 rings (SSSR count). The fraction of sp³-hybridized carbons (Fsp3) is 0.448. The molecule has 3 saturated heterocycles. The van der Waals surface area contributed by atoms with Crippen molar-refractivity contribution in [3.8, 4) is 0 Å². The van der Waals surface area contributed by atoms with Crippen molar-refractivity contribution in [3.05, 3.63) is 52.2 Å². The fourth-order valence-electron chi connectivity index (χ4n) is 6.12. The Bertz CT molecular complexity index is 1550. The van der Waals surface area contributed by atoms with Gasteiger partial charge in [-0.1, -0.05) is 6.07 Å². The minimum absolute atomic E-state index is 0.0194. The summed E-state index contributed by atoms with van der Waals surface area (Å²) in [6, 6.07) is 7.40.